The average molecular weight is 379 g/mol. The van der Waals surface area contributed by atoms with Crippen molar-refractivity contribution < 1.29 is 0 Å². The van der Waals surface area contributed by atoms with Gasteiger partial charge in [0.1, 0.15) is 5.69 Å². The van der Waals surface area contributed by atoms with Crippen LogP contribution in [0.4, 0.5) is 5.69 Å². The minimum Gasteiger partial charge on any atom is -0.382 e. The van der Waals surface area contributed by atoms with E-state index in [9.17, 15) is 0 Å². The van der Waals surface area contributed by atoms with Crippen molar-refractivity contribution >= 4 is 40.3 Å². The van der Waals surface area contributed by atoms with E-state index in [1.807, 2.05) is 0 Å². The number of piperidine rings is 1. The molecular formula is C17H23ClN6S. The molecule has 0 aromatic carbocycles. The van der Waals surface area contributed by atoms with E-state index >= 15 is 0 Å². The molecule has 134 valence electrons. The Kier molecular flexibility index (Phi) is 5.05. The number of fused-ring (bicyclic) bond motifs is 2. The fourth-order valence-corrected chi connectivity index (χ4v) is 4.31. The normalized spacial score (nSPS) is 25.1. The van der Waals surface area contributed by atoms with Crippen molar-refractivity contribution in [2.75, 3.05) is 38.0 Å². The lowest BCUT2D eigenvalue weighted by molar-refractivity contribution is 0.0799. The van der Waals surface area contributed by atoms with E-state index in [-0.39, 0.29) is 0 Å². The van der Waals surface area contributed by atoms with Gasteiger partial charge in [-0.2, -0.15) is 5.10 Å². The highest BCUT2D eigenvalue weighted by Gasteiger charge is 2.30. The van der Waals surface area contributed by atoms with Crippen molar-refractivity contribution in [2.24, 2.45) is 5.10 Å². The third-order valence-corrected chi connectivity index (χ3v) is 5.91. The number of aromatic nitrogens is 1. The van der Waals surface area contributed by atoms with Gasteiger partial charge in [-0.1, -0.05) is 18.0 Å². The van der Waals surface area contributed by atoms with Crippen LogP contribution in [-0.4, -0.2) is 64.4 Å². The Bertz CT molecular complexity index is 694. The van der Waals surface area contributed by atoms with Crippen LogP contribution in [0.5, 0.6) is 0 Å². The number of nitrogens with zero attached hydrogens (tertiary/aromatic N) is 4. The van der Waals surface area contributed by atoms with Gasteiger partial charge in [0.15, 0.2) is 5.11 Å². The first-order valence-electron chi connectivity index (χ1n) is 8.96. The number of piperazine rings is 1. The maximum Gasteiger partial charge on any atom is 0.189 e. The quantitative estimate of drug-likeness (QED) is 0.577. The van der Waals surface area contributed by atoms with Crippen LogP contribution in [0.1, 0.15) is 31.4 Å². The smallest absolute Gasteiger partial charge is 0.189 e. The van der Waals surface area contributed by atoms with Crippen LogP contribution in [0.3, 0.4) is 0 Å². The summed E-state index contributed by atoms with van der Waals surface area (Å²) in [5.41, 5.74) is 5.66. The Morgan fingerprint density at radius 2 is 2.28 bits per heavy atom. The SMILES string of the molecule is S=C(N/N=C1/CCNc2c(Cl)ccnc21)N1CCN2CCCCC2C1. The Balaban J connectivity index is 1.42. The molecule has 0 radical (unpaired) electrons. The van der Waals surface area contributed by atoms with Gasteiger partial charge in [-0.3, -0.25) is 15.3 Å². The van der Waals surface area contributed by atoms with E-state index in [2.05, 4.69) is 30.6 Å². The second kappa shape index (κ2) is 7.43. The number of anilines is 1. The standard InChI is InChI=1S/C17H23ClN6S/c18-13-4-6-20-16-14(5-7-19-15(13)16)21-22-17(25)24-10-9-23-8-2-1-3-12(23)11-24/h4,6,12,19H,1-3,5,7-11H2,(H,22,25)/b21-14-. The van der Waals surface area contributed by atoms with E-state index in [1.165, 1.54) is 25.8 Å². The Labute approximate surface area is 158 Å². The van der Waals surface area contributed by atoms with Crippen LogP contribution in [0.15, 0.2) is 17.4 Å². The Hall–Kier alpha value is -1.44. The van der Waals surface area contributed by atoms with Gasteiger partial charge in [0.05, 0.1) is 16.4 Å². The predicted octanol–water partition coefficient (Wildman–Crippen LogP) is 2.30. The van der Waals surface area contributed by atoms with Gasteiger partial charge in [0.25, 0.3) is 0 Å². The first-order chi connectivity index (χ1) is 12.2. The molecule has 2 N–H and O–H groups in total. The van der Waals surface area contributed by atoms with Crippen LogP contribution in [0.25, 0.3) is 0 Å². The Morgan fingerprint density at radius 1 is 1.36 bits per heavy atom. The van der Waals surface area contributed by atoms with Crippen LogP contribution < -0.4 is 10.7 Å². The fourth-order valence-electron chi connectivity index (χ4n) is 3.88. The number of hydrogen-bond donors (Lipinski definition) is 2. The first-order valence-corrected chi connectivity index (χ1v) is 9.75. The molecule has 1 aromatic rings. The molecule has 0 spiro atoms. The third kappa shape index (κ3) is 3.59. The molecule has 0 bridgehead atoms. The molecule has 1 aromatic heterocycles. The average Bonchev–Trinajstić information content (AvgIpc) is 2.66. The van der Waals surface area contributed by atoms with Crippen molar-refractivity contribution in [3.05, 3.63) is 23.0 Å². The molecule has 2 saturated heterocycles. The highest BCUT2D eigenvalue weighted by atomic mass is 35.5. The van der Waals surface area contributed by atoms with E-state index < -0.39 is 0 Å². The van der Waals surface area contributed by atoms with Crippen molar-refractivity contribution in [2.45, 2.75) is 31.7 Å². The zero-order valence-corrected chi connectivity index (χ0v) is 15.7. The van der Waals surface area contributed by atoms with Gasteiger partial charge in [0.2, 0.25) is 0 Å². The highest BCUT2D eigenvalue weighted by Crippen LogP contribution is 2.28. The van der Waals surface area contributed by atoms with E-state index in [1.54, 1.807) is 12.3 Å². The van der Waals surface area contributed by atoms with Gasteiger partial charge < -0.3 is 10.2 Å². The molecule has 0 amide bonds. The number of hydrazone groups is 1. The largest absolute Gasteiger partial charge is 0.382 e. The molecule has 4 rings (SSSR count). The summed E-state index contributed by atoms with van der Waals surface area (Å²) in [4.78, 5) is 9.27. The maximum atomic E-state index is 6.24. The van der Waals surface area contributed by atoms with E-state index in [4.69, 9.17) is 23.8 Å². The van der Waals surface area contributed by atoms with Crippen LogP contribution in [0.2, 0.25) is 5.02 Å². The first kappa shape index (κ1) is 17.0. The minimum absolute atomic E-state index is 0.634. The molecule has 6 nitrogen and oxygen atoms in total. The number of pyridine rings is 1. The zero-order chi connectivity index (χ0) is 17.2. The maximum absolute atomic E-state index is 6.24. The molecule has 3 aliphatic rings. The van der Waals surface area contributed by atoms with Crippen LogP contribution in [-0.2, 0) is 0 Å². The van der Waals surface area contributed by atoms with Crippen LogP contribution in [0, 0.1) is 0 Å². The Morgan fingerprint density at radius 3 is 3.20 bits per heavy atom. The van der Waals surface area contributed by atoms with E-state index in [0.29, 0.717) is 16.2 Å². The predicted molar refractivity (Wildman–Crippen MR) is 105 cm³/mol. The fraction of sp³-hybridized carbons (Fsp3) is 0.588. The van der Waals surface area contributed by atoms with Crippen LogP contribution >= 0.6 is 23.8 Å². The third-order valence-electron chi connectivity index (χ3n) is 5.25. The summed E-state index contributed by atoms with van der Waals surface area (Å²) >= 11 is 11.8. The van der Waals surface area contributed by atoms with Gasteiger partial charge in [0, 0.05) is 44.8 Å². The number of thiocarbonyl (C=S) groups is 1. The second-order valence-corrected chi connectivity index (χ2v) is 7.59. The minimum atomic E-state index is 0.634. The summed E-state index contributed by atoms with van der Waals surface area (Å²) in [7, 11) is 0. The number of nitrogens with one attached hydrogen (secondary N) is 2. The summed E-state index contributed by atoms with van der Waals surface area (Å²) in [5, 5.41) is 9.23. The van der Waals surface area contributed by atoms with Gasteiger partial charge in [-0.05, 0) is 37.7 Å². The summed E-state index contributed by atoms with van der Waals surface area (Å²) in [6.45, 7) is 5.09. The van der Waals surface area contributed by atoms with Crippen molar-refractivity contribution in [3.8, 4) is 0 Å². The summed E-state index contributed by atoms with van der Waals surface area (Å²) in [6.07, 6.45) is 6.44. The second-order valence-electron chi connectivity index (χ2n) is 6.80. The topological polar surface area (TPSA) is 55.8 Å². The van der Waals surface area contributed by atoms with Crippen molar-refractivity contribution in [1.82, 2.24) is 20.2 Å². The van der Waals surface area contributed by atoms with E-state index in [0.717, 1.165) is 49.7 Å². The lowest BCUT2D eigenvalue weighted by Gasteiger charge is -2.44. The molecule has 4 heterocycles. The molecule has 25 heavy (non-hydrogen) atoms. The van der Waals surface area contributed by atoms with Crippen molar-refractivity contribution in [1.29, 1.82) is 0 Å². The highest BCUT2D eigenvalue weighted by molar-refractivity contribution is 7.80. The monoisotopic (exact) mass is 378 g/mol. The molecular weight excluding hydrogens is 356 g/mol. The molecule has 1 unspecified atom stereocenters. The zero-order valence-electron chi connectivity index (χ0n) is 14.2. The summed E-state index contributed by atoms with van der Waals surface area (Å²) in [6, 6.07) is 2.42. The molecule has 0 aliphatic carbocycles. The molecule has 2 fully saturated rings. The van der Waals surface area contributed by atoms with Gasteiger partial charge in [-0.25, -0.2) is 0 Å². The van der Waals surface area contributed by atoms with Gasteiger partial charge >= 0.3 is 0 Å². The summed E-state index contributed by atoms with van der Waals surface area (Å²) in [5.74, 6) is 0. The molecule has 3 aliphatic heterocycles. The summed E-state index contributed by atoms with van der Waals surface area (Å²) < 4.78 is 0. The molecule has 1 atom stereocenters. The molecule has 0 saturated carbocycles. The van der Waals surface area contributed by atoms with Gasteiger partial charge in [-0.15, -0.1) is 0 Å². The van der Waals surface area contributed by atoms with Crippen molar-refractivity contribution in [3.63, 3.8) is 0 Å². The number of halogens is 1. The number of rotatable bonds is 1. The lowest BCUT2D eigenvalue weighted by Crippen LogP contribution is -2.57. The number of hydrogen-bond acceptors (Lipinski definition) is 5. The lowest BCUT2D eigenvalue weighted by atomic mass is 10.00. The molecule has 8 heteroatoms.